The zero-order chi connectivity index (χ0) is 23.2. The second-order valence-electron chi connectivity index (χ2n) is 7.11. The quantitative estimate of drug-likeness (QED) is 0.322. The summed E-state index contributed by atoms with van der Waals surface area (Å²) in [7, 11) is 0. The number of aromatic nitrogens is 3. The molecule has 170 valence electrons. The van der Waals surface area contributed by atoms with E-state index in [1.807, 2.05) is 10.6 Å². The summed E-state index contributed by atoms with van der Waals surface area (Å²) >= 11 is 7.13. The van der Waals surface area contributed by atoms with Crippen LogP contribution in [-0.2, 0) is 17.9 Å². The van der Waals surface area contributed by atoms with Gasteiger partial charge in [-0.25, -0.2) is 4.39 Å². The third-order valence-corrected chi connectivity index (χ3v) is 5.88. The number of rotatable bonds is 9. The van der Waals surface area contributed by atoms with Gasteiger partial charge in [-0.1, -0.05) is 29.4 Å². The van der Waals surface area contributed by atoms with Gasteiger partial charge in [0.15, 0.2) is 11.0 Å². The fraction of sp³-hybridized carbons (Fsp3) is 0.174. The lowest BCUT2D eigenvalue weighted by Crippen LogP contribution is -2.15. The average molecular weight is 487 g/mol. The number of furan rings is 1. The first-order chi connectivity index (χ1) is 16.0. The zero-order valence-electron chi connectivity index (χ0n) is 17.6. The number of nitrogens with one attached hydrogen (secondary N) is 1. The van der Waals surface area contributed by atoms with Crippen LogP contribution in [0.15, 0.2) is 70.4 Å². The molecule has 1 amide bonds. The van der Waals surface area contributed by atoms with Crippen LogP contribution in [0.3, 0.4) is 0 Å². The molecule has 4 rings (SSSR count). The Morgan fingerprint density at radius 2 is 2.03 bits per heavy atom. The van der Waals surface area contributed by atoms with Crippen molar-refractivity contribution in [1.82, 2.24) is 14.8 Å². The molecule has 2 heterocycles. The molecule has 7 nitrogen and oxygen atoms in total. The number of nitrogens with zero attached hydrogens (tertiary/aromatic N) is 3. The first-order valence-corrected chi connectivity index (χ1v) is 11.4. The minimum Gasteiger partial charge on any atom is -0.486 e. The molecular weight excluding hydrogens is 467 g/mol. The van der Waals surface area contributed by atoms with E-state index < -0.39 is 0 Å². The SMILES string of the molecule is Cc1ccc(NC(=O)CSc2nnc(COc3ccc(Cl)cc3)n2Cc2ccco2)cc1F. The number of aryl methyl sites for hydroxylation is 1. The number of hydrogen-bond acceptors (Lipinski definition) is 6. The standard InChI is InChI=1S/C23H20ClFN4O3S/c1-15-4-7-17(11-20(15)25)26-22(30)14-33-23-28-27-21(29(23)12-19-3-2-10-31-19)13-32-18-8-5-16(24)6-9-18/h2-11H,12-14H2,1H3,(H,26,30). The predicted molar refractivity (Wildman–Crippen MR) is 124 cm³/mol. The smallest absolute Gasteiger partial charge is 0.234 e. The normalized spacial score (nSPS) is 10.9. The monoisotopic (exact) mass is 486 g/mol. The number of benzene rings is 2. The van der Waals surface area contributed by atoms with Crippen LogP contribution in [0.5, 0.6) is 5.75 Å². The number of carbonyl (C=O) groups excluding carboxylic acids is 1. The van der Waals surface area contributed by atoms with Crippen LogP contribution in [-0.4, -0.2) is 26.4 Å². The number of carbonyl (C=O) groups is 1. The lowest BCUT2D eigenvalue weighted by atomic mass is 10.2. The number of hydrogen-bond donors (Lipinski definition) is 1. The fourth-order valence-corrected chi connectivity index (χ4v) is 3.81. The molecule has 4 aromatic rings. The van der Waals surface area contributed by atoms with Crippen molar-refractivity contribution >= 4 is 35.0 Å². The van der Waals surface area contributed by atoms with Gasteiger partial charge in [0.2, 0.25) is 5.91 Å². The van der Waals surface area contributed by atoms with Crippen molar-refractivity contribution < 1.29 is 18.3 Å². The summed E-state index contributed by atoms with van der Waals surface area (Å²) in [5, 5.41) is 12.3. The summed E-state index contributed by atoms with van der Waals surface area (Å²) in [4.78, 5) is 12.4. The molecule has 1 N–H and O–H groups in total. The van der Waals surface area contributed by atoms with E-state index in [0.717, 1.165) is 0 Å². The largest absolute Gasteiger partial charge is 0.486 e. The second kappa shape index (κ2) is 10.5. The summed E-state index contributed by atoms with van der Waals surface area (Å²) in [5.74, 6) is 1.35. The number of ether oxygens (including phenoxy) is 1. The highest BCUT2D eigenvalue weighted by atomic mass is 35.5. The third-order valence-electron chi connectivity index (χ3n) is 4.66. The van der Waals surface area contributed by atoms with Crippen LogP contribution in [0.4, 0.5) is 10.1 Å². The molecule has 0 aliphatic rings. The minimum absolute atomic E-state index is 0.0732. The second-order valence-corrected chi connectivity index (χ2v) is 8.49. The van der Waals surface area contributed by atoms with Crippen molar-refractivity contribution in [2.45, 2.75) is 25.2 Å². The van der Waals surface area contributed by atoms with E-state index in [9.17, 15) is 9.18 Å². The highest BCUT2D eigenvalue weighted by molar-refractivity contribution is 7.99. The highest BCUT2D eigenvalue weighted by Gasteiger charge is 2.16. The molecule has 0 aliphatic carbocycles. The Hall–Kier alpha value is -3.30. The van der Waals surface area contributed by atoms with Gasteiger partial charge in [-0.3, -0.25) is 9.36 Å². The molecule has 0 fully saturated rings. The van der Waals surface area contributed by atoms with Crippen molar-refractivity contribution in [3.05, 3.63) is 88.8 Å². The van der Waals surface area contributed by atoms with E-state index in [1.165, 1.54) is 17.8 Å². The molecule has 2 aromatic heterocycles. The van der Waals surface area contributed by atoms with Crippen LogP contribution < -0.4 is 10.1 Å². The van der Waals surface area contributed by atoms with Gasteiger partial charge in [0.05, 0.1) is 18.6 Å². The van der Waals surface area contributed by atoms with E-state index in [1.54, 1.807) is 55.7 Å². The van der Waals surface area contributed by atoms with Crippen molar-refractivity contribution in [1.29, 1.82) is 0 Å². The van der Waals surface area contributed by atoms with E-state index in [2.05, 4.69) is 15.5 Å². The summed E-state index contributed by atoms with van der Waals surface area (Å²) in [6, 6.07) is 15.2. The molecule has 0 unspecified atom stereocenters. The van der Waals surface area contributed by atoms with Crippen LogP contribution in [0, 0.1) is 12.7 Å². The predicted octanol–water partition coefficient (Wildman–Crippen LogP) is 5.33. The van der Waals surface area contributed by atoms with Gasteiger partial charge in [0.1, 0.15) is 23.9 Å². The zero-order valence-corrected chi connectivity index (χ0v) is 19.2. The number of amides is 1. The van der Waals surface area contributed by atoms with E-state index in [-0.39, 0.29) is 24.1 Å². The van der Waals surface area contributed by atoms with E-state index >= 15 is 0 Å². The van der Waals surface area contributed by atoms with Crippen molar-refractivity contribution in [3.63, 3.8) is 0 Å². The molecule has 2 aromatic carbocycles. The Morgan fingerprint density at radius 1 is 1.21 bits per heavy atom. The van der Waals surface area contributed by atoms with E-state index in [0.29, 0.717) is 45.3 Å². The molecule has 10 heteroatoms. The number of halogens is 2. The Kier molecular flexibility index (Phi) is 7.31. The lowest BCUT2D eigenvalue weighted by molar-refractivity contribution is -0.113. The summed E-state index contributed by atoms with van der Waals surface area (Å²) in [6.07, 6.45) is 1.59. The fourth-order valence-electron chi connectivity index (χ4n) is 2.93. The summed E-state index contributed by atoms with van der Waals surface area (Å²) < 4.78 is 26.8. The Morgan fingerprint density at radius 3 is 2.76 bits per heavy atom. The van der Waals surface area contributed by atoms with Crippen LogP contribution >= 0.6 is 23.4 Å². The molecule has 0 bridgehead atoms. The first kappa shape index (κ1) is 22.9. The molecule has 0 aliphatic heterocycles. The molecule has 0 spiro atoms. The highest BCUT2D eigenvalue weighted by Crippen LogP contribution is 2.22. The molecular formula is C23H20ClFN4O3S. The topological polar surface area (TPSA) is 82.2 Å². The van der Waals surface area contributed by atoms with Crippen LogP contribution in [0.1, 0.15) is 17.1 Å². The van der Waals surface area contributed by atoms with Gasteiger partial charge < -0.3 is 14.5 Å². The molecule has 33 heavy (non-hydrogen) atoms. The lowest BCUT2D eigenvalue weighted by Gasteiger charge is -2.10. The van der Waals surface area contributed by atoms with Gasteiger partial charge in [0.25, 0.3) is 0 Å². The number of thioether (sulfide) groups is 1. The number of anilines is 1. The van der Waals surface area contributed by atoms with Crippen LogP contribution in [0.2, 0.25) is 5.02 Å². The molecule has 0 saturated heterocycles. The van der Waals surface area contributed by atoms with E-state index in [4.69, 9.17) is 20.8 Å². The van der Waals surface area contributed by atoms with Gasteiger partial charge in [-0.2, -0.15) is 0 Å². The van der Waals surface area contributed by atoms with Crippen molar-refractivity contribution in [3.8, 4) is 5.75 Å². The van der Waals surface area contributed by atoms with Crippen LogP contribution in [0.25, 0.3) is 0 Å². The maximum Gasteiger partial charge on any atom is 0.234 e. The van der Waals surface area contributed by atoms with Crippen molar-refractivity contribution in [2.24, 2.45) is 0 Å². The van der Waals surface area contributed by atoms with Gasteiger partial charge in [0, 0.05) is 10.7 Å². The Bertz CT molecular complexity index is 1230. The third kappa shape index (κ3) is 6.15. The molecule has 0 atom stereocenters. The van der Waals surface area contributed by atoms with Gasteiger partial charge in [-0.05, 0) is 61.0 Å². The summed E-state index contributed by atoms with van der Waals surface area (Å²) in [5.41, 5.74) is 0.916. The Balaban J connectivity index is 1.44. The maximum absolute atomic E-state index is 13.7. The maximum atomic E-state index is 13.7. The average Bonchev–Trinajstić information content (AvgIpc) is 3.45. The molecule has 0 saturated carbocycles. The summed E-state index contributed by atoms with van der Waals surface area (Å²) in [6.45, 7) is 2.22. The minimum atomic E-state index is -0.371. The first-order valence-electron chi connectivity index (χ1n) is 9.99. The van der Waals surface area contributed by atoms with Crippen molar-refractivity contribution in [2.75, 3.05) is 11.1 Å². The Labute approximate surface area is 198 Å². The molecule has 0 radical (unpaired) electrons. The van der Waals surface area contributed by atoms with Gasteiger partial charge in [-0.15, -0.1) is 10.2 Å². The van der Waals surface area contributed by atoms with Gasteiger partial charge >= 0.3 is 0 Å².